The van der Waals surface area contributed by atoms with Crippen molar-refractivity contribution in [2.24, 2.45) is 0 Å². The number of benzene rings is 2. The molecular formula is C25H29N3O12. The summed E-state index contributed by atoms with van der Waals surface area (Å²) in [6.07, 6.45) is 0.541. The third-order valence-electron chi connectivity index (χ3n) is 5.33. The summed E-state index contributed by atoms with van der Waals surface area (Å²) in [6, 6.07) is 12.8. The van der Waals surface area contributed by atoms with Crippen molar-refractivity contribution in [3.8, 4) is 11.5 Å². The second-order valence-corrected chi connectivity index (χ2v) is 8.25. The van der Waals surface area contributed by atoms with Gasteiger partial charge in [-0.05, 0) is 67.5 Å². The van der Waals surface area contributed by atoms with Crippen LogP contribution < -0.4 is 14.8 Å². The summed E-state index contributed by atoms with van der Waals surface area (Å²) in [6.45, 7) is 0.381. The first kappa shape index (κ1) is 31.3. The first-order valence-corrected chi connectivity index (χ1v) is 12.2. The lowest BCUT2D eigenvalue weighted by molar-refractivity contribution is -0.757. The second kappa shape index (κ2) is 17.5. The molecule has 216 valence electrons. The highest BCUT2D eigenvalue weighted by molar-refractivity contribution is 5.73. The molecule has 1 unspecified atom stereocenters. The molecule has 0 fully saturated rings. The van der Waals surface area contributed by atoms with E-state index in [1.54, 1.807) is 48.5 Å². The number of hydrogen-bond acceptors (Lipinski definition) is 12. The molecule has 0 aromatic heterocycles. The molecule has 0 radical (unpaired) electrons. The number of hydrogen-bond donors (Lipinski definition) is 1. The molecule has 2 aromatic carbocycles. The smallest absolute Gasteiger partial charge is 0.412 e. The van der Waals surface area contributed by atoms with Gasteiger partial charge in [0.15, 0.2) is 0 Å². The van der Waals surface area contributed by atoms with E-state index >= 15 is 0 Å². The first-order valence-electron chi connectivity index (χ1n) is 12.2. The van der Waals surface area contributed by atoms with Gasteiger partial charge in [-0.3, -0.25) is 9.59 Å². The van der Waals surface area contributed by atoms with Gasteiger partial charge in [0.2, 0.25) is 0 Å². The number of esters is 1. The summed E-state index contributed by atoms with van der Waals surface area (Å²) in [5, 5.41) is 21.2. The molecule has 2 aromatic rings. The number of carbonyl (C=O) groups is 3. The quantitative estimate of drug-likeness (QED) is 0.0656. The van der Waals surface area contributed by atoms with Gasteiger partial charge in [0.1, 0.15) is 30.8 Å². The number of carbonyl (C=O) groups excluding carboxylic acids is 3. The van der Waals surface area contributed by atoms with E-state index < -0.39 is 28.3 Å². The molecule has 2 rings (SSSR count). The molecule has 0 bridgehead atoms. The molecule has 0 heterocycles. The highest BCUT2D eigenvalue weighted by atomic mass is 17.0. The molecular weight excluding hydrogens is 534 g/mol. The van der Waals surface area contributed by atoms with Gasteiger partial charge in [-0.25, -0.2) is 4.79 Å². The van der Waals surface area contributed by atoms with Crippen LogP contribution in [0, 0.1) is 20.2 Å². The Balaban J connectivity index is 1.64. The zero-order valence-corrected chi connectivity index (χ0v) is 21.4. The minimum Gasteiger partial charge on any atom is -0.464 e. The van der Waals surface area contributed by atoms with Crippen molar-refractivity contribution >= 4 is 18.5 Å². The van der Waals surface area contributed by atoms with E-state index in [-0.39, 0.29) is 38.4 Å². The Bertz CT molecular complexity index is 1110. The van der Waals surface area contributed by atoms with Crippen molar-refractivity contribution < 1.29 is 48.4 Å². The molecule has 15 heteroatoms. The van der Waals surface area contributed by atoms with E-state index in [1.807, 2.05) is 0 Å². The molecule has 0 aliphatic carbocycles. The van der Waals surface area contributed by atoms with Gasteiger partial charge >= 0.3 is 12.1 Å². The summed E-state index contributed by atoms with van der Waals surface area (Å²) in [5.74, 6) is -0.0304. The van der Waals surface area contributed by atoms with Crippen LogP contribution in [0.15, 0.2) is 48.5 Å². The Kier molecular flexibility index (Phi) is 13.7. The fraction of sp³-hybridized carbons (Fsp3) is 0.400. The van der Waals surface area contributed by atoms with Crippen LogP contribution in [0.1, 0.15) is 36.8 Å². The average molecular weight is 564 g/mol. The van der Waals surface area contributed by atoms with Crippen LogP contribution in [-0.4, -0.2) is 54.6 Å². The van der Waals surface area contributed by atoms with Gasteiger partial charge in [0.25, 0.3) is 16.6 Å². The van der Waals surface area contributed by atoms with Gasteiger partial charge in [-0.15, -0.1) is 20.2 Å². The monoisotopic (exact) mass is 563 g/mol. The van der Waals surface area contributed by atoms with Crippen LogP contribution in [0.25, 0.3) is 0 Å². The van der Waals surface area contributed by atoms with E-state index in [9.17, 15) is 34.6 Å². The van der Waals surface area contributed by atoms with Gasteiger partial charge in [-0.2, -0.15) is 0 Å². The molecule has 0 aliphatic heterocycles. The molecule has 1 atom stereocenters. The van der Waals surface area contributed by atoms with Crippen molar-refractivity contribution in [1.82, 2.24) is 5.32 Å². The zero-order valence-electron chi connectivity index (χ0n) is 21.4. The maximum Gasteiger partial charge on any atom is 0.412 e. The van der Waals surface area contributed by atoms with E-state index in [2.05, 4.69) is 15.0 Å². The molecule has 15 nitrogen and oxygen atoms in total. The van der Waals surface area contributed by atoms with Crippen molar-refractivity contribution in [1.29, 1.82) is 0 Å². The number of nitrogens with zero attached hydrogens (tertiary/aromatic N) is 2. The number of ether oxygens (including phenoxy) is 3. The highest BCUT2D eigenvalue weighted by Crippen LogP contribution is 2.16. The van der Waals surface area contributed by atoms with E-state index in [4.69, 9.17) is 14.2 Å². The molecule has 40 heavy (non-hydrogen) atoms. The van der Waals surface area contributed by atoms with Gasteiger partial charge in [-0.1, -0.05) is 24.3 Å². The Morgan fingerprint density at radius 3 is 1.85 bits per heavy atom. The SMILES string of the molecule is O=COC(CCCCNC(=O)Oc1ccc(CCO[N+](=O)[O-])cc1)CC(=O)Oc1ccc(CCO[N+](=O)[O-])cc1. The third kappa shape index (κ3) is 13.6. The standard InChI is InChI=1S/C25H29N3O12/c29-18-36-23(17-24(30)39-21-8-4-19(5-9-21)12-15-37-27(32)33)3-1-2-14-26-25(31)40-22-10-6-20(7-11-22)13-16-38-28(34)35/h4-11,18,23H,1-3,12-17H2,(H,26,31). The van der Waals surface area contributed by atoms with Crippen LogP contribution >= 0.6 is 0 Å². The van der Waals surface area contributed by atoms with Crippen LogP contribution in [0.4, 0.5) is 4.79 Å². The van der Waals surface area contributed by atoms with Crippen LogP contribution in [-0.2, 0) is 36.8 Å². The lowest BCUT2D eigenvalue weighted by atomic mass is 10.1. The predicted octanol–water partition coefficient (Wildman–Crippen LogP) is 2.98. The number of nitrogens with one attached hydrogen (secondary N) is 1. The highest BCUT2D eigenvalue weighted by Gasteiger charge is 2.17. The summed E-state index contributed by atoms with van der Waals surface area (Å²) >= 11 is 0. The molecule has 1 N–H and O–H groups in total. The summed E-state index contributed by atoms with van der Waals surface area (Å²) in [5.41, 5.74) is 1.54. The van der Waals surface area contributed by atoms with Crippen molar-refractivity contribution in [2.75, 3.05) is 19.8 Å². The predicted molar refractivity (Wildman–Crippen MR) is 135 cm³/mol. The molecule has 1 amide bonds. The largest absolute Gasteiger partial charge is 0.464 e. The molecule has 0 saturated carbocycles. The van der Waals surface area contributed by atoms with E-state index in [1.165, 1.54) is 0 Å². The Morgan fingerprint density at radius 2 is 1.35 bits per heavy atom. The average Bonchev–Trinajstić information content (AvgIpc) is 2.90. The number of rotatable bonds is 19. The fourth-order valence-corrected chi connectivity index (χ4v) is 3.41. The number of amides is 1. The first-order chi connectivity index (χ1) is 19.2. The van der Waals surface area contributed by atoms with Crippen molar-refractivity contribution in [3.63, 3.8) is 0 Å². The molecule has 0 saturated heterocycles. The topological polar surface area (TPSA) is 196 Å². The zero-order chi connectivity index (χ0) is 29.2. The summed E-state index contributed by atoms with van der Waals surface area (Å²) < 4.78 is 15.4. The third-order valence-corrected chi connectivity index (χ3v) is 5.33. The maximum atomic E-state index is 12.3. The minimum absolute atomic E-state index is 0.0747. The van der Waals surface area contributed by atoms with Gasteiger partial charge in [0.05, 0.1) is 6.42 Å². The summed E-state index contributed by atoms with van der Waals surface area (Å²) in [4.78, 5) is 63.9. The molecule has 0 spiro atoms. The van der Waals surface area contributed by atoms with Crippen LogP contribution in [0.5, 0.6) is 11.5 Å². The second-order valence-electron chi connectivity index (χ2n) is 8.25. The number of unbranched alkanes of at least 4 members (excludes halogenated alkanes) is 1. The fourth-order valence-electron chi connectivity index (χ4n) is 3.41. The Hall–Kier alpha value is -4.95. The van der Waals surface area contributed by atoms with Crippen molar-refractivity contribution in [2.45, 2.75) is 44.6 Å². The van der Waals surface area contributed by atoms with Gasteiger partial charge in [0, 0.05) is 6.54 Å². The lowest BCUT2D eigenvalue weighted by Crippen LogP contribution is -2.28. The normalized spacial score (nSPS) is 11.0. The van der Waals surface area contributed by atoms with Gasteiger partial charge < -0.3 is 29.2 Å². The Morgan fingerprint density at radius 1 is 0.825 bits per heavy atom. The molecule has 0 aliphatic rings. The minimum atomic E-state index is -0.869. The van der Waals surface area contributed by atoms with E-state index in [0.29, 0.717) is 37.9 Å². The summed E-state index contributed by atoms with van der Waals surface area (Å²) in [7, 11) is 0. The van der Waals surface area contributed by atoms with E-state index in [0.717, 1.165) is 11.1 Å². The van der Waals surface area contributed by atoms with Crippen LogP contribution in [0.2, 0.25) is 0 Å². The Labute approximate surface area is 228 Å². The van der Waals surface area contributed by atoms with Crippen molar-refractivity contribution in [3.05, 3.63) is 79.9 Å². The van der Waals surface area contributed by atoms with Crippen LogP contribution in [0.3, 0.4) is 0 Å². The lowest BCUT2D eigenvalue weighted by Gasteiger charge is -2.14. The maximum absolute atomic E-state index is 12.3.